The summed E-state index contributed by atoms with van der Waals surface area (Å²) in [7, 11) is 1.38. The summed E-state index contributed by atoms with van der Waals surface area (Å²) < 4.78 is 46.0. The fourth-order valence-electron chi connectivity index (χ4n) is 5.50. The second kappa shape index (κ2) is 11.5. The lowest BCUT2D eigenvalue weighted by molar-refractivity contribution is -0.119. The molecule has 0 radical (unpaired) electrons. The lowest BCUT2D eigenvalue weighted by Gasteiger charge is -2.30. The van der Waals surface area contributed by atoms with Crippen LogP contribution in [0.5, 0.6) is 0 Å². The van der Waals surface area contributed by atoms with Crippen molar-refractivity contribution in [1.29, 1.82) is 0 Å². The smallest absolute Gasteiger partial charge is 0.325 e. The van der Waals surface area contributed by atoms with Crippen molar-refractivity contribution in [1.82, 2.24) is 39.0 Å². The molecule has 2 fully saturated rings. The van der Waals surface area contributed by atoms with Crippen molar-refractivity contribution in [2.75, 3.05) is 38.5 Å². The van der Waals surface area contributed by atoms with E-state index in [-0.39, 0.29) is 29.4 Å². The van der Waals surface area contributed by atoms with Crippen LogP contribution in [0.4, 0.5) is 16.2 Å². The Bertz CT molecular complexity index is 1840. The third-order valence-corrected chi connectivity index (χ3v) is 9.41. The number of hydrogen-bond donors (Lipinski definition) is 6. The molecule has 19 nitrogen and oxygen atoms in total. The van der Waals surface area contributed by atoms with Gasteiger partial charge in [0, 0.05) is 13.5 Å². The highest BCUT2D eigenvalue weighted by molar-refractivity contribution is 8.07. The molecular weight excluding hydrogens is 642 g/mol. The molecular formula is C23H30FN10O9PS. The number of aromatic nitrogens is 8. The average Bonchev–Trinajstić information content (AvgIpc) is 3.76. The third kappa shape index (κ3) is 5.47. The molecule has 2 aliphatic heterocycles. The van der Waals surface area contributed by atoms with Crippen molar-refractivity contribution in [3.8, 4) is 0 Å². The van der Waals surface area contributed by atoms with E-state index in [1.165, 1.54) is 42.1 Å². The topological polar surface area (TPSA) is 266 Å². The van der Waals surface area contributed by atoms with E-state index >= 15 is 0 Å². The zero-order valence-electron chi connectivity index (χ0n) is 23.8. The Balaban J connectivity index is 1.23. The van der Waals surface area contributed by atoms with Crippen LogP contribution < -0.4 is 17.0 Å². The average molecular weight is 673 g/mol. The summed E-state index contributed by atoms with van der Waals surface area (Å²) >= 11 is 5.30. The van der Waals surface area contributed by atoms with Crippen molar-refractivity contribution >= 4 is 52.6 Å². The molecule has 45 heavy (non-hydrogen) atoms. The maximum atomic E-state index is 14.2. The first kappa shape index (κ1) is 31.7. The SMILES string of the molecule is CO[C@H]1[C@H](n2cnc3c(N)ncnc32)OC(C)(COP(O)(=S)O[C@@H]2C[C@](CO)(CF)O[C@H]2n2cnc3c(=O)[nH]c(N)nc32)[C@H]1O. The van der Waals surface area contributed by atoms with E-state index in [4.69, 9.17) is 46.5 Å². The molecule has 6 heterocycles. The quantitative estimate of drug-likeness (QED) is 0.111. The van der Waals surface area contributed by atoms with Crippen LogP contribution in [0.15, 0.2) is 23.8 Å². The molecule has 4 aromatic rings. The van der Waals surface area contributed by atoms with E-state index in [0.717, 1.165) is 0 Å². The second-order valence-corrected chi connectivity index (χ2v) is 13.7. The number of fused-ring (bicyclic) bond motifs is 2. The van der Waals surface area contributed by atoms with E-state index in [1.807, 2.05) is 0 Å². The van der Waals surface area contributed by atoms with E-state index < -0.39 is 74.1 Å². The Morgan fingerprint density at radius 1 is 1.18 bits per heavy atom. The minimum atomic E-state index is -4.20. The summed E-state index contributed by atoms with van der Waals surface area (Å²) in [5, 5.41) is 21.2. The van der Waals surface area contributed by atoms with Gasteiger partial charge in [0.15, 0.2) is 35.1 Å². The molecule has 0 aliphatic carbocycles. The van der Waals surface area contributed by atoms with Crippen LogP contribution in [0.25, 0.3) is 22.3 Å². The third-order valence-electron chi connectivity index (χ3n) is 7.84. The van der Waals surface area contributed by atoms with Gasteiger partial charge >= 0.3 is 6.72 Å². The number of anilines is 2. The van der Waals surface area contributed by atoms with E-state index in [2.05, 4.69) is 29.9 Å². The Morgan fingerprint density at radius 3 is 2.58 bits per heavy atom. The maximum absolute atomic E-state index is 14.2. The molecule has 244 valence electrons. The first-order valence-electron chi connectivity index (χ1n) is 13.4. The summed E-state index contributed by atoms with van der Waals surface area (Å²) in [5.74, 6) is -0.0627. The Labute approximate surface area is 257 Å². The number of rotatable bonds is 10. The molecule has 0 spiro atoms. The molecule has 6 rings (SSSR count). The number of nitrogens with two attached hydrogens (primary N) is 2. The molecule has 0 saturated carbocycles. The number of ether oxygens (including phenoxy) is 3. The number of halogens is 1. The van der Waals surface area contributed by atoms with E-state index in [9.17, 15) is 24.3 Å². The molecule has 0 amide bonds. The molecule has 0 bridgehead atoms. The summed E-state index contributed by atoms with van der Waals surface area (Å²) in [6.45, 7) is -5.01. The number of nitrogens with zero attached hydrogens (tertiary/aromatic N) is 7. The highest BCUT2D eigenvalue weighted by Gasteiger charge is 2.55. The number of nitrogens with one attached hydrogen (secondary N) is 1. The van der Waals surface area contributed by atoms with Gasteiger partial charge in [-0.1, -0.05) is 0 Å². The second-order valence-electron chi connectivity index (χ2n) is 10.9. The standard InChI is InChI=1S/C23H30FN10O9PS/c1-22(14(36)13(39-2)20(41-22)33-8-29-11-15(25)27-7-28-16(11)33)6-40-44(38,45)43-10-3-23(4-24,5-35)42-19(10)34-9-30-12-17(34)31-21(26)32-18(12)37/h7-10,13-14,19-20,35-36H,3-6H2,1-2H3,(H,38,45)(H2,25,27,28)(H3,26,31,32,37)/t10-,13-,14+,19-,20-,22?,23-,44?/m1/s1. The lowest BCUT2D eigenvalue weighted by Crippen LogP contribution is -2.44. The Morgan fingerprint density at radius 2 is 1.89 bits per heavy atom. The van der Waals surface area contributed by atoms with Gasteiger partial charge in [0.2, 0.25) is 5.95 Å². The van der Waals surface area contributed by atoms with Gasteiger partial charge < -0.3 is 49.8 Å². The van der Waals surface area contributed by atoms with Gasteiger partial charge in [0.25, 0.3) is 5.56 Å². The first-order chi connectivity index (χ1) is 21.3. The van der Waals surface area contributed by atoms with Crippen LogP contribution in [0.3, 0.4) is 0 Å². The number of alkyl halides is 1. The zero-order chi connectivity index (χ0) is 32.3. The number of aliphatic hydroxyl groups is 2. The molecule has 2 saturated heterocycles. The number of imidazole rings is 2. The van der Waals surface area contributed by atoms with Crippen molar-refractivity contribution in [3.63, 3.8) is 0 Å². The predicted molar refractivity (Wildman–Crippen MR) is 155 cm³/mol. The van der Waals surface area contributed by atoms with Crippen LogP contribution in [-0.2, 0) is 35.1 Å². The number of aliphatic hydroxyl groups excluding tert-OH is 2. The normalized spacial score (nSPS) is 31.6. The minimum Gasteiger partial charge on any atom is -0.393 e. The molecule has 4 aromatic heterocycles. The summed E-state index contributed by atoms with van der Waals surface area (Å²) in [6, 6.07) is 0. The fraction of sp³-hybridized carbons (Fsp3) is 0.565. The minimum absolute atomic E-state index is 0.0136. The van der Waals surface area contributed by atoms with Crippen LogP contribution in [0, 0.1) is 0 Å². The molecule has 8 atom stereocenters. The van der Waals surface area contributed by atoms with Crippen LogP contribution in [0.2, 0.25) is 0 Å². The number of hydrogen-bond acceptors (Lipinski definition) is 16. The van der Waals surface area contributed by atoms with E-state index in [0.29, 0.717) is 11.2 Å². The monoisotopic (exact) mass is 672 g/mol. The molecule has 8 N–H and O–H groups in total. The van der Waals surface area contributed by atoms with Gasteiger partial charge in [-0.15, -0.1) is 0 Å². The predicted octanol–water partition coefficient (Wildman–Crippen LogP) is -0.975. The van der Waals surface area contributed by atoms with Crippen molar-refractivity contribution in [2.45, 2.75) is 55.3 Å². The van der Waals surface area contributed by atoms with Crippen molar-refractivity contribution < 1.29 is 42.8 Å². The van der Waals surface area contributed by atoms with Crippen LogP contribution >= 0.6 is 6.72 Å². The van der Waals surface area contributed by atoms with Gasteiger partial charge in [-0.2, -0.15) is 4.98 Å². The highest BCUT2D eigenvalue weighted by atomic mass is 32.5. The fourth-order valence-corrected chi connectivity index (χ4v) is 6.99. The largest absolute Gasteiger partial charge is 0.393 e. The highest BCUT2D eigenvalue weighted by Crippen LogP contribution is 2.53. The van der Waals surface area contributed by atoms with Gasteiger partial charge in [-0.3, -0.25) is 18.9 Å². The zero-order valence-corrected chi connectivity index (χ0v) is 25.5. The summed E-state index contributed by atoms with van der Waals surface area (Å²) in [4.78, 5) is 46.3. The summed E-state index contributed by atoms with van der Waals surface area (Å²) in [6.07, 6.45) is -2.06. The van der Waals surface area contributed by atoms with E-state index in [1.54, 1.807) is 0 Å². The molecule has 22 heteroatoms. The van der Waals surface area contributed by atoms with Crippen molar-refractivity contribution in [3.05, 3.63) is 29.3 Å². The van der Waals surface area contributed by atoms with Gasteiger partial charge in [0.1, 0.15) is 48.0 Å². The van der Waals surface area contributed by atoms with Gasteiger partial charge in [-0.05, 0) is 18.7 Å². The summed E-state index contributed by atoms with van der Waals surface area (Å²) in [5.41, 5.74) is 8.30. The first-order valence-corrected chi connectivity index (χ1v) is 16.0. The maximum Gasteiger partial charge on any atom is 0.325 e. The molecule has 0 aromatic carbocycles. The Kier molecular flexibility index (Phi) is 8.13. The van der Waals surface area contributed by atoms with Gasteiger partial charge in [-0.25, -0.2) is 24.3 Å². The molecule has 2 aliphatic rings. The van der Waals surface area contributed by atoms with Crippen molar-refractivity contribution in [2.24, 2.45) is 0 Å². The Hall–Kier alpha value is -3.24. The van der Waals surface area contributed by atoms with Gasteiger partial charge in [0.05, 0.1) is 25.9 Å². The lowest BCUT2D eigenvalue weighted by atomic mass is 9.98. The number of methoxy groups -OCH3 is 1. The number of H-pyrrole nitrogens is 1. The number of aromatic amines is 1. The van der Waals surface area contributed by atoms with Crippen LogP contribution in [0.1, 0.15) is 25.8 Å². The molecule has 2 unspecified atom stereocenters. The van der Waals surface area contributed by atoms with Crippen LogP contribution in [-0.4, -0.2) is 111 Å². The number of nitrogen functional groups attached to an aromatic ring is 2.